The molecule has 0 saturated carbocycles. The van der Waals surface area contributed by atoms with E-state index in [1.807, 2.05) is 0 Å². The van der Waals surface area contributed by atoms with Crippen molar-refractivity contribution in [2.45, 2.75) is 39.7 Å². The minimum atomic E-state index is 0.447. The third kappa shape index (κ3) is 5.47. The molecular formula is C16H29N3O. The Morgan fingerprint density at radius 2 is 2.10 bits per heavy atom. The number of pyridine rings is 1. The Kier molecular flexibility index (Phi) is 7.55. The van der Waals surface area contributed by atoms with E-state index in [1.54, 1.807) is 7.11 Å². The number of nitrogens with zero attached hydrogens (tertiary/aromatic N) is 2. The van der Waals surface area contributed by atoms with Gasteiger partial charge in [-0.1, -0.05) is 20.8 Å². The lowest BCUT2D eigenvalue weighted by molar-refractivity contribution is 0.196. The molecule has 1 rings (SSSR count). The van der Waals surface area contributed by atoms with Gasteiger partial charge in [-0.2, -0.15) is 0 Å². The van der Waals surface area contributed by atoms with Crippen molar-refractivity contribution in [3.8, 4) is 0 Å². The predicted molar refractivity (Wildman–Crippen MR) is 85.5 cm³/mol. The monoisotopic (exact) mass is 279 g/mol. The quantitative estimate of drug-likeness (QED) is 0.705. The van der Waals surface area contributed by atoms with Crippen LogP contribution in [0.1, 0.15) is 44.4 Å². The van der Waals surface area contributed by atoms with Gasteiger partial charge >= 0.3 is 0 Å². The normalized spacial score (nSPS) is 11.1. The molecule has 0 unspecified atom stereocenters. The maximum atomic E-state index is 5.11. The minimum absolute atomic E-state index is 0.447. The zero-order valence-corrected chi connectivity index (χ0v) is 13.6. The van der Waals surface area contributed by atoms with Gasteiger partial charge in [0.1, 0.15) is 5.82 Å². The molecule has 0 aliphatic heterocycles. The summed E-state index contributed by atoms with van der Waals surface area (Å²) in [7, 11) is 3.84. The highest BCUT2D eigenvalue weighted by atomic mass is 16.5. The summed E-state index contributed by atoms with van der Waals surface area (Å²) in [5.74, 6) is 1.50. The second kappa shape index (κ2) is 8.93. The van der Waals surface area contributed by atoms with Crippen LogP contribution in [0.15, 0.2) is 12.1 Å². The van der Waals surface area contributed by atoms with E-state index >= 15 is 0 Å². The molecule has 20 heavy (non-hydrogen) atoms. The summed E-state index contributed by atoms with van der Waals surface area (Å²) in [4.78, 5) is 6.99. The summed E-state index contributed by atoms with van der Waals surface area (Å²) in [5, 5.41) is 3.38. The van der Waals surface area contributed by atoms with Crippen molar-refractivity contribution in [3.63, 3.8) is 0 Å². The summed E-state index contributed by atoms with van der Waals surface area (Å²) in [6.45, 7) is 10.1. The first-order valence-electron chi connectivity index (χ1n) is 7.50. The molecule has 0 spiro atoms. The first-order chi connectivity index (χ1) is 9.58. The number of rotatable bonds is 9. The lowest BCUT2D eigenvalue weighted by Gasteiger charge is -2.21. The van der Waals surface area contributed by atoms with Crippen LogP contribution < -0.4 is 10.2 Å². The van der Waals surface area contributed by atoms with Crippen molar-refractivity contribution >= 4 is 5.82 Å². The fourth-order valence-electron chi connectivity index (χ4n) is 2.02. The van der Waals surface area contributed by atoms with Gasteiger partial charge in [-0.15, -0.1) is 0 Å². The van der Waals surface area contributed by atoms with Crippen LogP contribution in [0.25, 0.3) is 0 Å². The molecule has 0 aromatic carbocycles. The Morgan fingerprint density at radius 1 is 1.35 bits per heavy atom. The number of aromatic nitrogens is 1. The Labute approximate surface area is 123 Å². The third-order valence-corrected chi connectivity index (χ3v) is 3.30. The van der Waals surface area contributed by atoms with Crippen LogP contribution in [0.3, 0.4) is 0 Å². The van der Waals surface area contributed by atoms with Gasteiger partial charge in [-0.3, -0.25) is 0 Å². The highest BCUT2D eigenvalue weighted by molar-refractivity contribution is 5.42. The zero-order chi connectivity index (χ0) is 15.0. The standard InChI is InChI=1S/C16H29N3O/c1-6-17-12-14-10-15(13(2)3)18-16(11-14)19(4)8-7-9-20-5/h10-11,13,17H,6-9,12H2,1-5H3. The summed E-state index contributed by atoms with van der Waals surface area (Å²) in [6.07, 6.45) is 1.02. The van der Waals surface area contributed by atoms with E-state index in [0.717, 1.165) is 44.2 Å². The topological polar surface area (TPSA) is 37.4 Å². The lowest BCUT2D eigenvalue weighted by Crippen LogP contribution is -2.22. The maximum Gasteiger partial charge on any atom is 0.128 e. The number of hydrogen-bond donors (Lipinski definition) is 1. The van der Waals surface area contributed by atoms with Crippen LogP contribution in [0.4, 0.5) is 5.82 Å². The van der Waals surface area contributed by atoms with E-state index in [2.05, 4.69) is 50.2 Å². The van der Waals surface area contributed by atoms with E-state index < -0.39 is 0 Å². The number of hydrogen-bond acceptors (Lipinski definition) is 4. The molecular weight excluding hydrogens is 250 g/mol. The Hall–Kier alpha value is -1.13. The Balaban J connectivity index is 2.84. The van der Waals surface area contributed by atoms with Crippen LogP contribution in [-0.2, 0) is 11.3 Å². The van der Waals surface area contributed by atoms with Crippen molar-refractivity contribution in [2.24, 2.45) is 0 Å². The summed E-state index contributed by atoms with van der Waals surface area (Å²) in [5.41, 5.74) is 2.47. The van der Waals surface area contributed by atoms with Crippen LogP contribution in [0.2, 0.25) is 0 Å². The van der Waals surface area contributed by atoms with Crippen LogP contribution in [0.5, 0.6) is 0 Å². The van der Waals surface area contributed by atoms with Gasteiger partial charge in [-0.25, -0.2) is 4.98 Å². The Bertz CT molecular complexity index is 393. The molecule has 0 aliphatic carbocycles. The molecule has 114 valence electrons. The van der Waals surface area contributed by atoms with Crippen molar-refractivity contribution in [1.82, 2.24) is 10.3 Å². The van der Waals surface area contributed by atoms with Gasteiger partial charge in [0, 0.05) is 39.5 Å². The second-order valence-electron chi connectivity index (χ2n) is 5.46. The highest BCUT2D eigenvalue weighted by Gasteiger charge is 2.09. The molecule has 0 amide bonds. The number of anilines is 1. The average Bonchev–Trinajstić information content (AvgIpc) is 2.44. The molecule has 0 saturated heterocycles. The third-order valence-electron chi connectivity index (χ3n) is 3.30. The molecule has 0 aliphatic rings. The molecule has 4 heteroatoms. The number of nitrogens with one attached hydrogen (secondary N) is 1. The molecule has 1 heterocycles. The Morgan fingerprint density at radius 3 is 2.70 bits per heavy atom. The molecule has 0 atom stereocenters. The summed E-state index contributed by atoms with van der Waals surface area (Å²) < 4.78 is 5.11. The van der Waals surface area contributed by atoms with Gasteiger partial charge < -0.3 is 15.0 Å². The van der Waals surface area contributed by atoms with Gasteiger partial charge in [0.25, 0.3) is 0 Å². The number of methoxy groups -OCH3 is 1. The van der Waals surface area contributed by atoms with E-state index in [1.165, 1.54) is 5.56 Å². The number of ether oxygens (including phenoxy) is 1. The smallest absolute Gasteiger partial charge is 0.128 e. The fraction of sp³-hybridized carbons (Fsp3) is 0.688. The van der Waals surface area contributed by atoms with Gasteiger partial charge in [-0.05, 0) is 36.6 Å². The minimum Gasteiger partial charge on any atom is -0.385 e. The van der Waals surface area contributed by atoms with Crippen LogP contribution >= 0.6 is 0 Å². The summed E-state index contributed by atoms with van der Waals surface area (Å²) in [6, 6.07) is 4.39. The van der Waals surface area contributed by atoms with Gasteiger partial charge in [0.2, 0.25) is 0 Å². The lowest BCUT2D eigenvalue weighted by atomic mass is 10.1. The highest BCUT2D eigenvalue weighted by Crippen LogP contribution is 2.20. The van der Waals surface area contributed by atoms with Crippen molar-refractivity contribution in [1.29, 1.82) is 0 Å². The van der Waals surface area contributed by atoms with Crippen LogP contribution in [0, 0.1) is 0 Å². The zero-order valence-electron chi connectivity index (χ0n) is 13.6. The molecule has 0 bridgehead atoms. The molecule has 0 radical (unpaired) electrons. The summed E-state index contributed by atoms with van der Waals surface area (Å²) >= 11 is 0. The largest absolute Gasteiger partial charge is 0.385 e. The van der Waals surface area contributed by atoms with Crippen LogP contribution in [-0.4, -0.2) is 38.8 Å². The van der Waals surface area contributed by atoms with Gasteiger partial charge in [0.15, 0.2) is 0 Å². The second-order valence-corrected chi connectivity index (χ2v) is 5.46. The molecule has 1 N–H and O–H groups in total. The van der Waals surface area contributed by atoms with E-state index in [-0.39, 0.29) is 0 Å². The maximum absolute atomic E-state index is 5.11. The van der Waals surface area contributed by atoms with E-state index in [4.69, 9.17) is 9.72 Å². The fourth-order valence-corrected chi connectivity index (χ4v) is 2.02. The van der Waals surface area contributed by atoms with E-state index in [0.29, 0.717) is 5.92 Å². The molecule has 1 aromatic rings. The first kappa shape index (κ1) is 16.9. The van der Waals surface area contributed by atoms with Gasteiger partial charge in [0.05, 0.1) is 0 Å². The van der Waals surface area contributed by atoms with Crippen molar-refractivity contribution in [2.75, 3.05) is 38.8 Å². The SMILES string of the molecule is CCNCc1cc(C(C)C)nc(N(C)CCCOC)c1. The first-order valence-corrected chi connectivity index (χ1v) is 7.50. The average molecular weight is 279 g/mol. The molecule has 0 fully saturated rings. The predicted octanol–water partition coefficient (Wildman–Crippen LogP) is 2.79. The van der Waals surface area contributed by atoms with E-state index in [9.17, 15) is 0 Å². The molecule has 1 aromatic heterocycles. The van der Waals surface area contributed by atoms with Crippen molar-refractivity contribution < 1.29 is 4.74 Å². The van der Waals surface area contributed by atoms with Crippen molar-refractivity contribution in [3.05, 3.63) is 23.4 Å². The molecule has 4 nitrogen and oxygen atoms in total.